The van der Waals surface area contributed by atoms with E-state index in [1.807, 2.05) is 42.5 Å². The Bertz CT molecular complexity index is 1320. The van der Waals surface area contributed by atoms with Crippen LogP contribution in [0.4, 0.5) is 11.5 Å². The van der Waals surface area contributed by atoms with Gasteiger partial charge in [-0.15, -0.1) is 0 Å². The van der Waals surface area contributed by atoms with Crippen LogP contribution < -0.4 is 10.6 Å². The van der Waals surface area contributed by atoms with E-state index in [1.54, 1.807) is 0 Å². The number of halogens is 1. The van der Waals surface area contributed by atoms with E-state index in [0.29, 0.717) is 11.4 Å². The van der Waals surface area contributed by atoms with Crippen molar-refractivity contribution in [3.63, 3.8) is 0 Å². The highest BCUT2D eigenvalue weighted by atomic mass is 79.9. The van der Waals surface area contributed by atoms with E-state index in [1.165, 1.54) is 6.42 Å². The smallest absolute Gasteiger partial charge is 0.126 e. The molecule has 3 aromatic carbocycles. The molecule has 4 aromatic rings. The Kier molecular flexibility index (Phi) is 4.80. The van der Waals surface area contributed by atoms with Gasteiger partial charge in [-0.3, -0.25) is 0 Å². The number of rotatable bonds is 2. The van der Waals surface area contributed by atoms with Crippen molar-refractivity contribution < 1.29 is 0 Å². The zero-order chi connectivity index (χ0) is 20.7. The third kappa shape index (κ3) is 3.09. The summed E-state index contributed by atoms with van der Waals surface area (Å²) in [6, 6.07) is 20.6. The number of pyridine rings is 1. The van der Waals surface area contributed by atoms with Crippen LogP contribution in [0.15, 0.2) is 59.1 Å². The molecule has 0 aliphatic carbocycles. The number of nitriles is 1. The van der Waals surface area contributed by atoms with Gasteiger partial charge in [0.2, 0.25) is 0 Å². The van der Waals surface area contributed by atoms with Crippen LogP contribution in [0.5, 0.6) is 0 Å². The van der Waals surface area contributed by atoms with Gasteiger partial charge in [-0.2, -0.15) is 5.26 Å². The molecule has 0 atom stereocenters. The number of hydrogen-bond acceptors (Lipinski definition) is 4. The van der Waals surface area contributed by atoms with Gasteiger partial charge in [-0.25, -0.2) is 4.98 Å². The SMILES string of the molecule is N#Cc1c(-c2cccc(Br)c2)c2c(N3CCCCC3)cc(N)nc2c2ccccc12. The van der Waals surface area contributed by atoms with Gasteiger partial charge in [0.15, 0.2) is 0 Å². The van der Waals surface area contributed by atoms with Crippen LogP contribution in [0, 0.1) is 11.3 Å². The number of hydrogen-bond donors (Lipinski definition) is 1. The van der Waals surface area contributed by atoms with E-state index in [0.717, 1.165) is 68.9 Å². The second-order valence-electron chi connectivity index (χ2n) is 7.76. The highest BCUT2D eigenvalue weighted by Gasteiger charge is 2.23. The van der Waals surface area contributed by atoms with Crippen molar-refractivity contribution in [2.45, 2.75) is 19.3 Å². The molecule has 1 saturated heterocycles. The van der Waals surface area contributed by atoms with Gasteiger partial charge in [-0.1, -0.05) is 52.3 Å². The summed E-state index contributed by atoms with van der Waals surface area (Å²) in [4.78, 5) is 7.18. The summed E-state index contributed by atoms with van der Waals surface area (Å²) >= 11 is 3.60. The number of aromatic nitrogens is 1. The molecule has 30 heavy (non-hydrogen) atoms. The summed E-state index contributed by atoms with van der Waals surface area (Å²) in [5, 5.41) is 13.1. The van der Waals surface area contributed by atoms with Crippen molar-refractivity contribution in [2.24, 2.45) is 0 Å². The van der Waals surface area contributed by atoms with Gasteiger partial charge in [-0.05, 0) is 37.0 Å². The van der Waals surface area contributed by atoms with Crippen molar-refractivity contribution in [3.05, 3.63) is 64.6 Å². The number of nitrogens with two attached hydrogens (primary N) is 1. The maximum Gasteiger partial charge on any atom is 0.126 e. The molecule has 1 aliphatic rings. The average Bonchev–Trinajstić information content (AvgIpc) is 2.78. The fourth-order valence-electron chi connectivity index (χ4n) is 4.59. The van der Waals surface area contributed by atoms with E-state index in [-0.39, 0.29) is 0 Å². The molecule has 0 spiro atoms. The molecule has 0 bridgehead atoms. The van der Waals surface area contributed by atoms with Crippen molar-refractivity contribution >= 4 is 49.1 Å². The third-order valence-electron chi connectivity index (χ3n) is 5.89. The second-order valence-corrected chi connectivity index (χ2v) is 8.67. The minimum absolute atomic E-state index is 0.512. The lowest BCUT2D eigenvalue weighted by Gasteiger charge is -2.31. The van der Waals surface area contributed by atoms with Crippen molar-refractivity contribution in [2.75, 3.05) is 23.7 Å². The maximum atomic E-state index is 10.2. The Morgan fingerprint density at radius 2 is 1.73 bits per heavy atom. The molecule has 1 fully saturated rings. The van der Waals surface area contributed by atoms with E-state index in [2.05, 4.69) is 39.0 Å². The summed E-state index contributed by atoms with van der Waals surface area (Å²) in [6.07, 6.45) is 3.57. The predicted octanol–water partition coefficient (Wildman–Crippen LogP) is 6.26. The van der Waals surface area contributed by atoms with Crippen LogP contribution >= 0.6 is 15.9 Å². The first-order valence-electron chi connectivity index (χ1n) is 10.2. The lowest BCUT2D eigenvalue weighted by Crippen LogP contribution is -2.29. The summed E-state index contributed by atoms with van der Waals surface area (Å²) in [5.41, 5.74) is 10.8. The van der Waals surface area contributed by atoms with Crippen LogP contribution in [-0.4, -0.2) is 18.1 Å². The average molecular weight is 457 g/mol. The molecular weight excluding hydrogens is 436 g/mol. The van der Waals surface area contributed by atoms with Crippen LogP contribution in [0.25, 0.3) is 32.8 Å². The highest BCUT2D eigenvalue weighted by molar-refractivity contribution is 9.10. The summed E-state index contributed by atoms with van der Waals surface area (Å²) in [6.45, 7) is 1.98. The van der Waals surface area contributed by atoms with Crippen molar-refractivity contribution in [1.82, 2.24) is 4.98 Å². The molecule has 0 amide bonds. The Hall–Kier alpha value is -3.10. The first kappa shape index (κ1) is 18.9. The summed E-state index contributed by atoms with van der Waals surface area (Å²) < 4.78 is 0.980. The fraction of sp³-hybridized carbons (Fsp3) is 0.200. The number of piperidine rings is 1. The number of benzene rings is 3. The number of fused-ring (bicyclic) bond motifs is 3. The molecule has 4 nitrogen and oxygen atoms in total. The van der Waals surface area contributed by atoms with Crippen LogP contribution in [0.1, 0.15) is 24.8 Å². The first-order valence-corrected chi connectivity index (χ1v) is 11.0. The van der Waals surface area contributed by atoms with Crippen LogP contribution in [-0.2, 0) is 0 Å². The van der Waals surface area contributed by atoms with E-state index in [9.17, 15) is 5.26 Å². The van der Waals surface area contributed by atoms with E-state index < -0.39 is 0 Å². The lowest BCUT2D eigenvalue weighted by molar-refractivity contribution is 0.579. The van der Waals surface area contributed by atoms with Crippen molar-refractivity contribution in [1.29, 1.82) is 5.26 Å². The largest absolute Gasteiger partial charge is 0.384 e. The van der Waals surface area contributed by atoms with Crippen LogP contribution in [0.2, 0.25) is 0 Å². The van der Waals surface area contributed by atoms with E-state index in [4.69, 9.17) is 10.7 Å². The van der Waals surface area contributed by atoms with Crippen LogP contribution in [0.3, 0.4) is 0 Å². The number of nitrogen functional groups attached to an aromatic ring is 1. The Morgan fingerprint density at radius 1 is 0.967 bits per heavy atom. The topological polar surface area (TPSA) is 65.9 Å². The van der Waals surface area contributed by atoms with Gasteiger partial charge in [0.05, 0.1) is 16.8 Å². The highest BCUT2D eigenvalue weighted by Crippen LogP contribution is 2.44. The minimum Gasteiger partial charge on any atom is -0.384 e. The van der Waals surface area contributed by atoms with Gasteiger partial charge < -0.3 is 10.6 Å². The summed E-state index contributed by atoms with van der Waals surface area (Å²) in [7, 11) is 0. The molecule has 148 valence electrons. The standard InChI is InChI=1S/C25H21BrN4/c26-17-8-6-7-16(13-17)23-20(15-27)18-9-2-3-10-19(18)25-24(23)21(14-22(28)29-25)30-11-4-1-5-12-30/h2-3,6-10,13-14H,1,4-5,11-12H2,(H2,28,29). The molecule has 1 aliphatic heterocycles. The van der Waals surface area contributed by atoms with E-state index >= 15 is 0 Å². The zero-order valence-corrected chi connectivity index (χ0v) is 18.1. The third-order valence-corrected chi connectivity index (χ3v) is 6.39. The van der Waals surface area contributed by atoms with Crippen molar-refractivity contribution in [3.8, 4) is 17.2 Å². The maximum absolute atomic E-state index is 10.2. The molecule has 1 aromatic heterocycles. The van der Waals surface area contributed by atoms with Gasteiger partial charge in [0.25, 0.3) is 0 Å². The fourth-order valence-corrected chi connectivity index (χ4v) is 4.99. The normalized spacial score (nSPS) is 14.2. The number of anilines is 2. The molecule has 0 saturated carbocycles. The number of nitrogens with zero attached hydrogens (tertiary/aromatic N) is 3. The summed E-state index contributed by atoms with van der Waals surface area (Å²) in [5.74, 6) is 0.512. The lowest BCUT2D eigenvalue weighted by atomic mass is 9.89. The molecule has 2 heterocycles. The monoisotopic (exact) mass is 456 g/mol. The quantitative estimate of drug-likeness (QED) is 0.361. The minimum atomic E-state index is 0.512. The Balaban J connectivity index is 1.99. The zero-order valence-electron chi connectivity index (χ0n) is 16.5. The first-order chi connectivity index (χ1) is 14.7. The molecule has 5 heteroatoms. The molecule has 0 radical (unpaired) electrons. The van der Waals surface area contributed by atoms with Gasteiger partial charge in [0, 0.05) is 45.4 Å². The Labute approximate surface area is 184 Å². The predicted molar refractivity (Wildman–Crippen MR) is 128 cm³/mol. The molecule has 5 rings (SSSR count). The van der Waals surface area contributed by atoms with Gasteiger partial charge in [0.1, 0.15) is 11.9 Å². The Morgan fingerprint density at radius 3 is 2.47 bits per heavy atom. The van der Waals surface area contributed by atoms with Gasteiger partial charge >= 0.3 is 0 Å². The molecule has 2 N–H and O–H groups in total. The molecule has 0 unspecified atom stereocenters. The molecular formula is C25H21BrN4. The second kappa shape index (κ2) is 7.62.